The summed E-state index contributed by atoms with van der Waals surface area (Å²) in [6.45, 7) is 24.0. The Balaban J connectivity index is -0.0000000107. The van der Waals surface area contributed by atoms with Crippen molar-refractivity contribution in [2.24, 2.45) is 0 Å². The second kappa shape index (κ2) is 163. The summed E-state index contributed by atoms with van der Waals surface area (Å²) in [5.41, 5.74) is 0. The van der Waals surface area contributed by atoms with E-state index in [1.165, 1.54) is 0 Å². The van der Waals surface area contributed by atoms with Gasteiger partial charge >= 0.3 is 183 Å². The Morgan fingerprint density at radius 1 is 0.213 bits per heavy atom. The number of carbonyl (C=O) groups is 12. The van der Waals surface area contributed by atoms with Crippen molar-refractivity contribution in [3.63, 3.8) is 0 Å². The molecule has 0 fully saturated rings. The molecule has 35 heteroatoms. The van der Waals surface area contributed by atoms with Gasteiger partial charge in [-0.3, -0.25) is 0 Å². The van der Waals surface area contributed by atoms with Gasteiger partial charge < -0.3 is 57.5 Å². The minimum atomic E-state index is -6.17. The van der Waals surface area contributed by atoms with Crippen LogP contribution in [0.25, 0.3) is 0 Å². The first-order valence-corrected chi connectivity index (χ1v) is 25.3. The number of rotatable bonds is 0. The first-order chi connectivity index (χ1) is 20.0. The Morgan fingerprint density at radius 2 is 0.213 bits per heavy atom. The molecule has 0 bridgehead atoms. The van der Waals surface area contributed by atoms with Crippen LogP contribution in [0.2, 0.25) is 0 Å². The summed E-state index contributed by atoms with van der Waals surface area (Å²) in [4.78, 5) is 96.0. The Labute approximate surface area is 339 Å². The quantitative estimate of drug-likeness (QED) is 0.203. The molecule has 0 heterocycles. The Morgan fingerprint density at radius 3 is 0.213 bits per heavy atom. The summed E-state index contributed by atoms with van der Waals surface area (Å²) in [6.07, 6.45) is 0. The molecule has 0 saturated heterocycles. The predicted molar refractivity (Wildman–Crippen MR) is 90.9 cm³/mol. The molecule has 0 aromatic carbocycles. The van der Waals surface area contributed by atoms with Gasteiger partial charge in [-0.05, 0) is 0 Å². The van der Waals surface area contributed by atoms with E-state index in [0.29, 0.717) is 0 Å². The van der Waals surface area contributed by atoms with E-state index in [1.54, 1.807) is 0 Å². The molecule has 0 aliphatic carbocycles. The second-order valence-electron chi connectivity index (χ2n) is 1.63. The molecule has 0 radical (unpaired) electrons. The molecule has 0 unspecified atom stereocenters. The van der Waals surface area contributed by atoms with Crippen LogP contribution in [0.1, 0.15) is 0 Å². The van der Waals surface area contributed by atoms with Gasteiger partial charge in [-0.1, -0.05) is 0 Å². The van der Waals surface area contributed by atoms with Gasteiger partial charge in [0.05, 0.1) is 0 Å². The number of hydrogen-bond donors (Lipinski definition) is 0. The van der Waals surface area contributed by atoms with Gasteiger partial charge in [-0.2, -0.15) is 0 Å². The fourth-order valence-electron chi connectivity index (χ4n) is 0. The maximum atomic E-state index is 8.65. The third-order valence-corrected chi connectivity index (χ3v) is 0. The van der Waals surface area contributed by atoms with E-state index in [2.05, 4.69) is 0 Å². The summed E-state index contributed by atoms with van der Waals surface area (Å²) in [7, 11) is 0. The van der Waals surface area contributed by atoms with Crippen molar-refractivity contribution in [3.8, 4) is 0 Å². The number of carbonyl (C=O) groups excluding carboxylic acids is 12. The van der Waals surface area contributed by atoms with Crippen molar-refractivity contribution in [1.29, 1.82) is 0 Å². The van der Waals surface area contributed by atoms with Crippen LogP contribution in [0, 0.1) is 0 Å². The molecule has 0 amide bonds. The minimum absolute atomic E-state index is 0. The van der Waals surface area contributed by atoms with E-state index in [0.717, 1.165) is 0 Å². The molecule has 0 aliphatic rings. The van der Waals surface area contributed by atoms with Gasteiger partial charge in [-0.15, -0.1) is 0 Å². The molecule has 47 heavy (non-hydrogen) atoms. The molecular formula is C12H24MoNa2O28W4-6. The monoisotopic (exact) mass is 1500 g/mol. The summed E-state index contributed by atoms with van der Waals surface area (Å²) < 4.78 is 138. The SMILES string of the molecule is C=O.C=O.C=O.C=O.C=O.C=O.C=O.C=O.C=O.C=O.C=O.C=O.[Mo].[Na+].[Na+].[O]=[W](=[O])([O-])[O-].[O]=[W](=[O])([O-])[O-].[O]=[W](=[O])([O-])[O-].[O]=[W](=[O])([O-])[O-]. The van der Waals surface area contributed by atoms with Crippen LogP contribution in [-0.4, -0.2) is 81.5 Å². The third kappa shape index (κ3) is 450000. The Hall–Kier alpha value is -0.438. The van der Waals surface area contributed by atoms with Gasteiger partial charge in [0.1, 0.15) is 81.5 Å². The molecule has 0 aliphatic heterocycles. The fourth-order valence-corrected chi connectivity index (χ4v) is 0. The molecule has 0 aromatic rings. The van der Waals surface area contributed by atoms with Crippen molar-refractivity contribution in [2.45, 2.75) is 0 Å². The van der Waals surface area contributed by atoms with Crippen LogP contribution in [0.4, 0.5) is 0 Å². The van der Waals surface area contributed by atoms with Crippen LogP contribution in [-0.2, 0) is 173 Å². The molecule has 28 nitrogen and oxygen atoms in total. The molecule has 0 spiro atoms. The first kappa shape index (κ1) is 127. The summed E-state index contributed by atoms with van der Waals surface area (Å²) in [5.74, 6) is 0. The maximum absolute atomic E-state index is 8.65. The van der Waals surface area contributed by atoms with Gasteiger partial charge in [0.25, 0.3) is 0 Å². The zero-order chi connectivity index (χ0) is 42.0. The van der Waals surface area contributed by atoms with Crippen molar-refractivity contribution in [1.82, 2.24) is 0 Å². The topological polar surface area (TPSA) is 526 Å². The van der Waals surface area contributed by atoms with Gasteiger partial charge in [-0.25, -0.2) is 0 Å². The van der Waals surface area contributed by atoms with E-state index in [4.69, 9.17) is 115 Å². The fraction of sp³-hybridized carbons (Fsp3) is 0. The average molecular weight is 1490 g/mol. The van der Waals surface area contributed by atoms with Crippen LogP contribution in [0.3, 0.4) is 0 Å². The third-order valence-electron chi connectivity index (χ3n) is 0. The molecule has 0 atom stereocenters. The molecule has 278 valence electrons. The molecular weight excluding hydrogens is 1470 g/mol. The second-order valence-corrected chi connectivity index (χ2v) is 13.4. The molecule has 0 aromatic heterocycles. The van der Waals surface area contributed by atoms with E-state index >= 15 is 0 Å². The van der Waals surface area contributed by atoms with E-state index < -0.39 is 67.0 Å². The predicted octanol–water partition coefficient (Wildman–Crippen LogP) is -18.7. The van der Waals surface area contributed by atoms with Crippen molar-refractivity contribution < 1.29 is 262 Å². The van der Waals surface area contributed by atoms with Crippen LogP contribution < -0.4 is 89.2 Å². The van der Waals surface area contributed by atoms with E-state index in [1.807, 2.05) is 81.5 Å². The molecule has 0 rings (SSSR count). The van der Waals surface area contributed by atoms with Crippen molar-refractivity contribution >= 4 is 81.5 Å². The van der Waals surface area contributed by atoms with Gasteiger partial charge in [0, 0.05) is 21.1 Å². The summed E-state index contributed by atoms with van der Waals surface area (Å²) in [5, 5.41) is 0. The zero-order valence-corrected chi connectivity index (χ0v) is 41.7. The van der Waals surface area contributed by atoms with Crippen molar-refractivity contribution in [3.05, 3.63) is 0 Å². The van der Waals surface area contributed by atoms with E-state index in [-0.39, 0.29) is 80.2 Å². The van der Waals surface area contributed by atoms with Crippen LogP contribution >= 0.6 is 0 Å². The normalized spacial score (nSPS) is 5.96. The zero-order valence-electron chi connectivity index (χ0n) is 24.0. The molecule has 0 saturated carbocycles. The number of hydrogen-bond acceptors (Lipinski definition) is 28. The molecule has 0 N–H and O–H groups in total. The van der Waals surface area contributed by atoms with Gasteiger partial charge in [0.2, 0.25) is 0 Å². The van der Waals surface area contributed by atoms with Gasteiger partial charge in [0.15, 0.2) is 0 Å². The first-order valence-electron chi connectivity index (χ1n) is 6.13. The average Bonchev–Trinajstić information content (AvgIpc) is 2.98. The van der Waals surface area contributed by atoms with Crippen LogP contribution in [0.5, 0.6) is 0 Å². The summed E-state index contributed by atoms with van der Waals surface area (Å²) in [6, 6.07) is 0. The standard InChI is InChI=1S/12CH2O.Mo.2Na.16O.4W/c12*1-2;;;;;;;;;;;;;;;;;;;;;;;/h12*1H2;;;;;;;;;;;;;;;;;;;;;;;/q;;;;;;;;;;;;;2*+1;;;;;;;;;8*-1;;;;. The van der Waals surface area contributed by atoms with E-state index in [9.17, 15) is 0 Å². The Bertz CT molecular complexity index is 663. The van der Waals surface area contributed by atoms with Crippen molar-refractivity contribution in [2.75, 3.05) is 0 Å². The van der Waals surface area contributed by atoms with Crippen LogP contribution in [0.15, 0.2) is 0 Å². The Kier molecular flexibility index (Phi) is 441. The summed E-state index contributed by atoms with van der Waals surface area (Å²) >= 11 is -24.7.